The van der Waals surface area contributed by atoms with Crippen LogP contribution in [0.3, 0.4) is 0 Å². The minimum atomic E-state index is -0.189. The van der Waals surface area contributed by atoms with E-state index in [1.54, 1.807) is 11.1 Å². The number of rotatable bonds is 7. The predicted molar refractivity (Wildman–Crippen MR) is 131 cm³/mol. The van der Waals surface area contributed by atoms with Crippen molar-refractivity contribution in [1.82, 2.24) is 9.97 Å². The van der Waals surface area contributed by atoms with Gasteiger partial charge in [-0.25, -0.2) is 4.98 Å². The zero-order valence-corrected chi connectivity index (χ0v) is 19.8. The van der Waals surface area contributed by atoms with Gasteiger partial charge in [0.15, 0.2) is 11.7 Å². The molecule has 0 unspecified atom stereocenters. The largest absolute Gasteiger partial charge is 0.484 e. The molecule has 7 heteroatoms. The number of aromatic nitrogens is 2. The van der Waals surface area contributed by atoms with Crippen LogP contribution in [0.4, 0.5) is 5.13 Å². The zero-order chi connectivity index (χ0) is 22.7. The number of fused-ring (bicyclic) bond motifs is 1. The first-order chi connectivity index (χ1) is 15.4. The topological polar surface area (TPSA) is 55.3 Å². The lowest BCUT2D eigenvalue weighted by atomic mass is 10.0. The number of anilines is 1. The van der Waals surface area contributed by atoms with Crippen LogP contribution in [-0.2, 0) is 11.3 Å². The summed E-state index contributed by atoms with van der Waals surface area (Å²) in [5, 5.41) is 1.25. The lowest BCUT2D eigenvalue weighted by Crippen LogP contribution is -2.34. The van der Waals surface area contributed by atoms with Crippen molar-refractivity contribution in [3.63, 3.8) is 0 Å². The Balaban J connectivity index is 1.59. The molecule has 0 saturated heterocycles. The van der Waals surface area contributed by atoms with Crippen molar-refractivity contribution >= 4 is 44.2 Å². The summed E-state index contributed by atoms with van der Waals surface area (Å²) in [7, 11) is 0. The maximum atomic E-state index is 13.2. The van der Waals surface area contributed by atoms with Crippen molar-refractivity contribution in [3.05, 3.63) is 82.6 Å². The normalized spacial score (nSPS) is 11.2. The van der Waals surface area contributed by atoms with Gasteiger partial charge in [-0.3, -0.25) is 14.7 Å². The van der Waals surface area contributed by atoms with Gasteiger partial charge >= 0.3 is 0 Å². The summed E-state index contributed by atoms with van der Waals surface area (Å²) in [6.07, 6.45) is 1.72. The monoisotopic (exact) mass is 465 g/mol. The third kappa shape index (κ3) is 5.09. The van der Waals surface area contributed by atoms with Gasteiger partial charge in [0.1, 0.15) is 5.75 Å². The van der Waals surface area contributed by atoms with Crippen LogP contribution in [0.25, 0.3) is 10.2 Å². The summed E-state index contributed by atoms with van der Waals surface area (Å²) in [5.74, 6) is 0.911. The Bertz CT molecular complexity index is 1220. The van der Waals surface area contributed by atoms with Crippen LogP contribution < -0.4 is 9.64 Å². The lowest BCUT2D eigenvalue weighted by Gasteiger charge is -2.20. The van der Waals surface area contributed by atoms with Crippen LogP contribution in [0.2, 0.25) is 5.02 Å². The highest BCUT2D eigenvalue weighted by Crippen LogP contribution is 2.33. The quantitative estimate of drug-likeness (QED) is 0.317. The number of pyridine rings is 1. The Morgan fingerprint density at radius 1 is 1.16 bits per heavy atom. The molecule has 0 saturated carbocycles. The van der Waals surface area contributed by atoms with E-state index in [4.69, 9.17) is 21.3 Å². The fourth-order valence-corrected chi connectivity index (χ4v) is 4.78. The van der Waals surface area contributed by atoms with E-state index in [0.717, 1.165) is 21.5 Å². The van der Waals surface area contributed by atoms with Gasteiger partial charge < -0.3 is 4.74 Å². The molecular weight excluding hydrogens is 442 g/mol. The molecule has 2 heterocycles. The van der Waals surface area contributed by atoms with E-state index in [1.165, 1.54) is 16.9 Å². The fourth-order valence-electron chi connectivity index (χ4n) is 3.35. The Kier molecular flexibility index (Phi) is 6.72. The number of nitrogens with zero attached hydrogens (tertiary/aromatic N) is 3. The average Bonchev–Trinajstić information content (AvgIpc) is 3.21. The maximum absolute atomic E-state index is 13.2. The number of carbonyl (C=O) groups is 1. The van der Waals surface area contributed by atoms with Gasteiger partial charge in [0.05, 0.1) is 22.5 Å². The highest BCUT2D eigenvalue weighted by Gasteiger charge is 2.22. The lowest BCUT2D eigenvalue weighted by molar-refractivity contribution is -0.120. The predicted octanol–water partition coefficient (Wildman–Crippen LogP) is 6.39. The van der Waals surface area contributed by atoms with Crippen molar-refractivity contribution < 1.29 is 9.53 Å². The number of hydrogen-bond donors (Lipinski definition) is 0. The van der Waals surface area contributed by atoms with Crippen LogP contribution >= 0.6 is 22.9 Å². The Morgan fingerprint density at radius 3 is 2.62 bits per heavy atom. The van der Waals surface area contributed by atoms with Crippen LogP contribution in [0.5, 0.6) is 5.75 Å². The Labute approximate surface area is 196 Å². The smallest absolute Gasteiger partial charge is 0.267 e. The van der Waals surface area contributed by atoms with Gasteiger partial charge in [0.2, 0.25) is 0 Å². The first kappa shape index (κ1) is 22.2. The van der Waals surface area contributed by atoms with Gasteiger partial charge in [-0.2, -0.15) is 0 Å². The van der Waals surface area contributed by atoms with Crippen molar-refractivity contribution in [2.45, 2.75) is 33.2 Å². The molecule has 0 bridgehead atoms. The highest BCUT2D eigenvalue weighted by atomic mass is 35.5. The van der Waals surface area contributed by atoms with Gasteiger partial charge in [-0.1, -0.05) is 55.0 Å². The molecule has 0 fully saturated rings. The van der Waals surface area contributed by atoms with Gasteiger partial charge in [0.25, 0.3) is 5.91 Å². The molecule has 0 N–H and O–H groups in total. The first-order valence-electron chi connectivity index (χ1n) is 10.4. The Hall–Kier alpha value is -2.96. The standard InChI is InChI=1S/C25H24ClN3O2S/c1-16(2)18-7-9-21(10-8-18)31-15-23(30)29(14-20-6-4-5-11-27-20)25-28-24-17(3)12-19(26)13-22(24)32-25/h4-13,16H,14-15H2,1-3H3. The molecular formula is C25H24ClN3O2S. The number of hydrogen-bond acceptors (Lipinski definition) is 5. The van der Waals surface area contributed by atoms with Crippen LogP contribution in [0, 0.1) is 6.92 Å². The molecule has 0 radical (unpaired) electrons. The van der Waals surface area contributed by atoms with Gasteiger partial charge in [-0.15, -0.1) is 0 Å². The number of carbonyl (C=O) groups excluding carboxylic acids is 1. The molecule has 2 aromatic heterocycles. The van der Waals surface area contributed by atoms with E-state index >= 15 is 0 Å². The second kappa shape index (κ2) is 9.67. The first-order valence-corrected chi connectivity index (χ1v) is 11.6. The van der Waals surface area contributed by atoms with Crippen molar-refractivity contribution in [1.29, 1.82) is 0 Å². The molecule has 4 rings (SSSR count). The third-order valence-corrected chi connectivity index (χ3v) is 6.37. The van der Waals surface area contributed by atoms with Gasteiger partial charge in [-0.05, 0) is 60.4 Å². The van der Waals surface area contributed by atoms with E-state index in [-0.39, 0.29) is 12.5 Å². The Morgan fingerprint density at radius 2 is 1.94 bits per heavy atom. The summed E-state index contributed by atoms with van der Waals surface area (Å²) in [6.45, 7) is 6.46. The molecule has 4 aromatic rings. The SMILES string of the molecule is Cc1cc(Cl)cc2sc(N(Cc3ccccn3)C(=O)COc3ccc(C(C)C)cc3)nc12. The second-order valence-corrected chi connectivity index (χ2v) is 9.32. The molecule has 0 aliphatic carbocycles. The highest BCUT2D eigenvalue weighted by molar-refractivity contribution is 7.22. The van der Waals surface area contributed by atoms with Crippen LogP contribution in [-0.4, -0.2) is 22.5 Å². The zero-order valence-electron chi connectivity index (χ0n) is 18.2. The summed E-state index contributed by atoms with van der Waals surface area (Å²) in [5.41, 5.74) is 3.82. The van der Waals surface area contributed by atoms with E-state index in [2.05, 4.69) is 18.8 Å². The van der Waals surface area contributed by atoms with E-state index in [1.807, 2.05) is 61.5 Å². The number of halogens is 1. The summed E-state index contributed by atoms with van der Waals surface area (Å²) in [4.78, 5) is 24.0. The molecule has 2 aromatic carbocycles. The van der Waals surface area contributed by atoms with Crippen molar-refractivity contribution in [3.8, 4) is 5.75 Å². The second-order valence-electron chi connectivity index (χ2n) is 7.88. The van der Waals surface area contributed by atoms with Crippen molar-refractivity contribution in [2.75, 3.05) is 11.5 Å². The molecule has 0 spiro atoms. The van der Waals surface area contributed by atoms with Crippen molar-refractivity contribution in [2.24, 2.45) is 0 Å². The molecule has 32 heavy (non-hydrogen) atoms. The minimum Gasteiger partial charge on any atom is -0.484 e. The van der Waals surface area contributed by atoms with Crippen LogP contribution in [0.15, 0.2) is 60.8 Å². The summed E-state index contributed by atoms with van der Waals surface area (Å²) >= 11 is 7.66. The molecule has 0 atom stereocenters. The van der Waals surface area contributed by atoms with E-state index in [9.17, 15) is 4.79 Å². The summed E-state index contributed by atoms with van der Waals surface area (Å²) < 4.78 is 6.74. The van der Waals surface area contributed by atoms with Gasteiger partial charge in [0, 0.05) is 11.2 Å². The number of amides is 1. The maximum Gasteiger partial charge on any atom is 0.267 e. The number of thiazole rings is 1. The molecule has 1 amide bonds. The average molecular weight is 466 g/mol. The fraction of sp³-hybridized carbons (Fsp3) is 0.240. The number of benzene rings is 2. The van der Waals surface area contributed by atoms with Crippen LogP contribution in [0.1, 0.15) is 36.6 Å². The number of aryl methyl sites for hydroxylation is 1. The minimum absolute atomic E-state index is 0.0937. The van der Waals surface area contributed by atoms with E-state index < -0.39 is 0 Å². The summed E-state index contributed by atoms with van der Waals surface area (Å²) in [6, 6.07) is 17.2. The molecule has 0 aliphatic rings. The number of ether oxygens (including phenoxy) is 1. The van der Waals surface area contributed by atoms with E-state index in [0.29, 0.717) is 28.4 Å². The molecule has 164 valence electrons. The molecule has 0 aliphatic heterocycles. The third-order valence-electron chi connectivity index (χ3n) is 5.13. The molecule has 5 nitrogen and oxygen atoms in total.